The van der Waals surface area contributed by atoms with E-state index < -0.39 is 54.9 Å². The van der Waals surface area contributed by atoms with E-state index >= 15 is 0 Å². The van der Waals surface area contributed by atoms with Crippen molar-refractivity contribution in [3.8, 4) is 0 Å². The van der Waals surface area contributed by atoms with Gasteiger partial charge < -0.3 is 40.3 Å². The molecule has 0 heterocycles. The Labute approximate surface area is 352 Å². The molecule has 0 aliphatic heterocycles. The Morgan fingerprint density at radius 1 is 0.517 bits per heavy atom. The molecular formula is C47H87NO10. The van der Waals surface area contributed by atoms with Crippen LogP contribution in [0.15, 0.2) is 24.3 Å². The zero-order valence-electron chi connectivity index (χ0n) is 36.8. The van der Waals surface area contributed by atoms with Gasteiger partial charge in [0.15, 0.2) is 6.10 Å². The number of amides is 1. The Morgan fingerprint density at radius 2 is 0.897 bits per heavy atom. The summed E-state index contributed by atoms with van der Waals surface area (Å²) >= 11 is 0. The fourth-order valence-electron chi connectivity index (χ4n) is 6.68. The number of rotatable bonds is 42. The van der Waals surface area contributed by atoms with Crippen molar-refractivity contribution in [1.29, 1.82) is 0 Å². The number of aliphatic hydroxyl groups is 5. The third-order valence-corrected chi connectivity index (χ3v) is 10.6. The van der Waals surface area contributed by atoms with Crippen LogP contribution in [0.25, 0.3) is 0 Å². The van der Waals surface area contributed by atoms with E-state index in [1.54, 1.807) is 0 Å². The highest BCUT2D eigenvalue weighted by molar-refractivity contribution is 5.87. The third kappa shape index (κ3) is 33.5. The van der Waals surface area contributed by atoms with Crippen molar-refractivity contribution >= 4 is 17.8 Å². The molecule has 0 bridgehead atoms. The van der Waals surface area contributed by atoms with Gasteiger partial charge >= 0.3 is 11.9 Å². The Kier molecular flexibility index (Phi) is 39.8. The van der Waals surface area contributed by atoms with Crippen LogP contribution in [-0.4, -0.2) is 93.7 Å². The highest BCUT2D eigenvalue weighted by Crippen LogP contribution is 2.13. The number of allylic oxidation sites excluding steroid dienone is 4. The Hall–Kier alpha value is -2.31. The molecule has 6 N–H and O–H groups in total. The molecule has 0 spiro atoms. The van der Waals surface area contributed by atoms with Crippen molar-refractivity contribution in [3.05, 3.63) is 24.3 Å². The van der Waals surface area contributed by atoms with Crippen molar-refractivity contribution in [2.75, 3.05) is 19.8 Å². The molecule has 0 saturated heterocycles. The van der Waals surface area contributed by atoms with Crippen molar-refractivity contribution in [3.63, 3.8) is 0 Å². The lowest BCUT2D eigenvalue weighted by Crippen LogP contribution is -2.54. The molecule has 0 rings (SSSR count). The molecule has 0 aliphatic rings. The molecular weight excluding hydrogens is 739 g/mol. The number of hydrogen-bond donors (Lipinski definition) is 6. The zero-order chi connectivity index (χ0) is 42.9. The number of esters is 2. The molecule has 0 radical (unpaired) electrons. The van der Waals surface area contributed by atoms with Gasteiger partial charge in [0, 0.05) is 6.42 Å². The summed E-state index contributed by atoms with van der Waals surface area (Å²) in [6, 6.07) is -1.32. The first kappa shape index (κ1) is 55.7. The van der Waals surface area contributed by atoms with Gasteiger partial charge in [-0.15, -0.1) is 0 Å². The molecule has 0 aromatic heterocycles. The van der Waals surface area contributed by atoms with Crippen LogP contribution >= 0.6 is 0 Å². The SMILES string of the molecule is CCCCCCCC/C=C/CCCCCCCCOC(=O)CC[C@H](NC(=O)C(O)C(O)C(O)C(O)CO)C(=O)OCCCCCCCC/C=C/CCCCCCCC. The van der Waals surface area contributed by atoms with E-state index in [4.69, 9.17) is 14.6 Å². The maximum atomic E-state index is 13.0. The molecule has 11 nitrogen and oxygen atoms in total. The normalized spacial score (nSPS) is 14.4. The first-order chi connectivity index (χ1) is 28.2. The topological polar surface area (TPSA) is 183 Å². The molecule has 58 heavy (non-hydrogen) atoms. The number of ether oxygens (including phenoxy) is 2. The second-order valence-electron chi connectivity index (χ2n) is 16.0. The average Bonchev–Trinajstić information content (AvgIpc) is 3.23. The van der Waals surface area contributed by atoms with Crippen LogP contribution in [0, 0.1) is 0 Å². The second kappa shape index (κ2) is 41.4. The molecule has 11 heteroatoms. The fourth-order valence-corrected chi connectivity index (χ4v) is 6.68. The van der Waals surface area contributed by atoms with Crippen molar-refractivity contribution in [2.45, 2.75) is 237 Å². The van der Waals surface area contributed by atoms with Crippen molar-refractivity contribution in [2.24, 2.45) is 0 Å². The van der Waals surface area contributed by atoms with Gasteiger partial charge in [-0.3, -0.25) is 9.59 Å². The Morgan fingerprint density at radius 3 is 1.31 bits per heavy atom. The molecule has 0 aliphatic carbocycles. The lowest BCUT2D eigenvalue weighted by Gasteiger charge is -2.26. The molecule has 0 saturated carbocycles. The lowest BCUT2D eigenvalue weighted by molar-refractivity contribution is -0.155. The molecule has 0 aromatic rings. The summed E-state index contributed by atoms with van der Waals surface area (Å²) < 4.78 is 10.8. The van der Waals surface area contributed by atoms with Crippen LogP contribution in [0.2, 0.25) is 0 Å². The van der Waals surface area contributed by atoms with Crippen LogP contribution in [0.5, 0.6) is 0 Å². The van der Waals surface area contributed by atoms with Gasteiger partial charge in [-0.1, -0.05) is 154 Å². The summed E-state index contributed by atoms with van der Waals surface area (Å²) in [5, 5.41) is 51.3. The van der Waals surface area contributed by atoms with E-state index in [0.717, 1.165) is 77.0 Å². The van der Waals surface area contributed by atoms with Gasteiger partial charge in [0.25, 0.3) is 5.91 Å². The first-order valence-electron chi connectivity index (χ1n) is 23.4. The monoisotopic (exact) mass is 826 g/mol. The van der Waals surface area contributed by atoms with E-state index in [1.807, 2.05) is 0 Å². The largest absolute Gasteiger partial charge is 0.466 e. The summed E-state index contributed by atoms with van der Waals surface area (Å²) in [5.74, 6) is -2.52. The molecule has 0 fully saturated rings. The first-order valence-corrected chi connectivity index (χ1v) is 23.4. The summed E-state index contributed by atoms with van der Waals surface area (Å²) in [4.78, 5) is 38.2. The maximum absolute atomic E-state index is 13.0. The number of unbranched alkanes of at least 4 members (excludes halogenated alkanes) is 24. The van der Waals surface area contributed by atoms with E-state index in [0.29, 0.717) is 6.42 Å². The van der Waals surface area contributed by atoms with Crippen LogP contribution in [0.4, 0.5) is 0 Å². The minimum atomic E-state index is -2.22. The highest BCUT2D eigenvalue weighted by Gasteiger charge is 2.36. The van der Waals surface area contributed by atoms with Gasteiger partial charge in [-0.25, -0.2) is 4.79 Å². The van der Waals surface area contributed by atoms with Gasteiger partial charge in [0.05, 0.1) is 19.8 Å². The lowest BCUT2D eigenvalue weighted by atomic mass is 10.0. The molecule has 5 atom stereocenters. The van der Waals surface area contributed by atoms with Crippen molar-refractivity contribution < 1.29 is 49.4 Å². The summed E-state index contributed by atoms with van der Waals surface area (Å²) in [5.41, 5.74) is 0. The number of nitrogens with one attached hydrogen (secondary N) is 1. The van der Waals surface area contributed by atoms with Gasteiger partial charge in [0.2, 0.25) is 0 Å². The third-order valence-electron chi connectivity index (χ3n) is 10.6. The van der Waals surface area contributed by atoms with E-state index in [9.17, 15) is 34.8 Å². The predicted molar refractivity (Wildman–Crippen MR) is 233 cm³/mol. The smallest absolute Gasteiger partial charge is 0.328 e. The molecule has 340 valence electrons. The van der Waals surface area contributed by atoms with Gasteiger partial charge in [0.1, 0.15) is 24.4 Å². The molecule has 0 aromatic carbocycles. The maximum Gasteiger partial charge on any atom is 0.328 e. The van der Waals surface area contributed by atoms with Crippen LogP contribution < -0.4 is 5.32 Å². The summed E-state index contributed by atoms with van der Waals surface area (Å²) in [6.45, 7) is 3.96. The number of carbonyl (C=O) groups excluding carboxylic acids is 3. The van der Waals surface area contributed by atoms with Gasteiger partial charge in [-0.2, -0.15) is 0 Å². The highest BCUT2D eigenvalue weighted by atomic mass is 16.5. The summed E-state index contributed by atoms with van der Waals surface area (Å²) in [6.07, 6.45) is 33.3. The average molecular weight is 826 g/mol. The standard InChI is InChI=1S/C47H87NO10/c1-3-5-7-9-11-13-15-17-19-21-23-25-27-29-31-33-37-57-42(51)36-35-40(48-46(55)45(54)44(53)43(52)41(50)39-49)47(56)58-38-34-32-30-28-26-24-22-20-18-16-14-12-10-8-6-4-2/h17-20,40-41,43-45,49-50,52-54H,3-16,21-39H2,1-2H3,(H,48,55)/b19-17+,20-18+/t40-,41?,43?,44?,45?/m0/s1. The molecule has 4 unspecified atom stereocenters. The number of hydrogen-bond acceptors (Lipinski definition) is 10. The Bertz CT molecular complexity index is 1020. The zero-order valence-corrected chi connectivity index (χ0v) is 36.8. The van der Waals surface area contributed by atoms with Gasteiger partial charge in [-0.05, 0) is 70.6 Å². The van der Waals surface area contributed by atoms with E-state index in [2.05, 4.69) is 43.5 Å². The quantitative estimate of drug-likeness (QED) is 0.0198. The van der Waals surface area contributed by atoms with E-state index in [1.165, 1.54) is 96.3 Å². The predicted octanol–water partition coefficient (Wildman–Crippen LogP) is 8.85. The van der Waals surface area contributed by atoms with Crippen molar-refractivity contribution in [1.82, 2.24) is 5.32 Å². The fraction of sp³-hybridized carbons (Fsp3) is 0.851. The Balaban J connectivity index is 4.46. The minimum absolute atomic E-state index is 0.124. The van der Waals surface area contributed by atoms with Crippen LogP contribution in [0.3, 0.4) is 0 Å². The molecule has 1 amide bonds. The number of aliphatic hydroxyl groups excluding tert-OH is 5. The van der Waals surface area contributed by atoms with Crippen LogP contribution in [-0.2, 0) is 23.9 Å². The minimum Gasteiger partial charge on any atom is -0.466 e. The second-order valence-corrected chi connectivity index (χ2v) is 16.0. The number of carbonyl (C=O) groups is 3. The van der Waals surface area contributed by atoms with E-state index in [-0.39, 0.29) is 26.1 Å². The van der Waals surface area contributed by atoms with Crippen LogP contribution in [0.1, 0.15) is 206 Å². The summed E-state index contributed by atoms with van der Waals surface area (Å²) in [7, 11) is 0.